The van der Waals surface area contributed by atoms with Gasteiger partial charge in [-0.2, -0.15) is 0 Å². The highest BCUT2D eigenvalue weighted by Crippen LogP contribution is 2.21. The lowest BCUT2D eigenvalue weighted by atomic mass is 10.0. The van der Waals surface area contributed by atoms with Crippen LogP contribution in [0.15, 0.2) is 42.7 Å². The molecule has 1 aromatic heterocycles. The summed E-state index contributed by atoms with van der Waals surface area (Å²) >= 11 is 0. The van der Waals surface area contributed by atoms with Gasteiger partial charge in [0, 0.05) is 30.8 Å². The van der Waals surface area contributed by atoms with E-state index in [1.165, 1.54) is 0 Å². The number of rotatable bonds is 6. The molecule has 0 spiro atoms. The zero-order valence-corrected chi connectivity index (χ0v) is 11.9. The molecular weight excluding hydrogens is 250 g/mol. The normalized spacial score (nSPS) is 10.3. The first kappa shape index (κ1) is 14.3. The molecule has 2 aromatic rings. The van der Waals surface area contributed by atoms with Gasteiger partial charge in [0.15, 0.2) is 0 Å². The van der Waals surface area contributed by atoms with Gasteiger partial charge in [-0.25, -0.2) is 0 Å². The van der Waals surface area contributed by atoms with Crippen LogP contribution in [0.5, 0.6) is 5.75 Å². The third-order valence-corrected chi connectivity index (χ3v) is 3.27. The summed E-state index contributed by atoms with van der Waals surface area (Å²) in [5.41, 5.74) is 3.25. The molecular formula is C17H19NO2. The second kappa shape index (κ2) is 6.85. The monoisotopic (exact) mass is 269 g/mol. The molecule has 0 N–H and O–H groups in total. The molecule has 0 aliphatic heterocycles. The van der Waals surface area contributed by atoms with Crippen LogP contribution in [0.2, 0.25) is 0 Å². The molecule has 1 heterocycles. The van der Waals surface area contributed by atoms with Crippen LogP contribution in [-0.2, 0) is 17.6 Å². The van der Waals surface area contributed by atoms with Gasteiger partial charge in [0.1, 0.15) is 11.5 Å². The number of hydrogen-bond acceptors (Lipinski definition) is 3. The largest absolute Gasteiger partial charge is 0.496 e. The van der Waals surface area contributed by atoms with Crippen molar-refractivity contribution in [2.24, 2.45) is 0 Å². The van der Waals surface area contributed by atoms with Gasteiger partial charge in [-0.1, -0.05) is 17.7 Å². The Kier molecular flexibility index (Phi) is 4.88. The van der Waals surface area contributed by atoms with E-state index in [9.17, 15) is 4.79 Å². The Hall–Kier alpha value is -2.16. The molecule has 0 fully saturated rings. The third-order valence-electron chi connectivity index (χ3n) is 3.27. The molecule has 0 saturated heterocycles. The van der Waals surface area contributed by atoms with E-state index >= 15 is 0 Å². The maximum absolute atomic E-state index is 12.1. The number of ketones is 1. The highest BCUT2D eigenvalue weighted by molar-refractivity contribution is 5.81. The van der Waals surface area contributed by atoms with Gasteiger partial charge in [0.2, 0.25) is 0 Å². The average molecular weight is 269 g/mol. The van der Waals surface area contributed by atoms with Crippen molar-refractivity contribution < 1.29 is 9.53 Å². The molecule has 0 amide bonds. The van der Waals surface area contributed by atoms with Crippen molar-refractivity contribution >= 4 is 5.78 Å². The summed E-state index contributed by atoms with van der Waals surface area (Å²) in [6.45, 7) is 2.02. The lowest BCUT2D eigenvalue weighted by Gasteiger charge is -2.09. The number of ether oxygens (including phenoxy) is 1. The van der Waals surface area contributed by atoms with E-state index in [-0.39, 0.29) is 5.78 Å². The first-order valence-corrected chi connectivity index (χ1v) is 6.73. The van der Waals surface area contributed by atoms with Gasteiger partial charge in [0.25, 0.3) is 0 Å². The van der Waals surface area contributed by atoms with Gasteiger partial charge >= 0.3 is 0 Å². The zero-order chi connectivity index (χ0) is 14.4. The standard InChI is InChI=1S/C17H19NO2/c1-13-3-6-17(20-2)15(11-13)12-16(19)5-4-14-7-9-18-10-8-14/h3,6-11H,4-5,12H2,1-2H3. The van der Waals surface area contributed by atoms with Crippen LogP contribution in [0.3, 0.4) is 0 Å². The Morgan fingerprint density at radius 3 is 2.65 bits per heavy atom. The summed E-state index contributed by atoms with van der Waals surface area (Å²) in [5.74, 6) is 1.01. The molecule has 2 rings (SSSR count). The lowest BCUT2D eigenvalue weighted by Crippen LogP contribution is -2.06. The number of nitrogens with zero attached hydrogens (tertiary/aromatic N) is 1. The van der Waals surface area contributed by atoms with Crippen LogP contribution in [0.25, 0.3) is 0 Å². The Morgan fingerprint density at radius 1 is 1.20 bits per heavy atom. The topological polar surface area (TPSA) is 39.2 Å². The van der Waals surface area contributed by atoms with Crippen molar-refractivity contribution in [3.05, 3.63) is 59.4 Å². The number of pyridine rings is 1. The van der Waals surface area contributed by atoms with Gasteiger partial charge < -0.3 is 4.74 Å². The molecule has 1 aromatic carbocycles. The third kappa shape index (κ3) is 3.92. The molecule has 0 aliphatic carbocycles. The molecule has 3 heteroatoms. The summed E-state index contributed by atoms with van der Waals surface area (Å²) in [6.07, 6.45) is 5.24. The maximum Gasteiger partial charge on any atom is 0.137 e. The smallest absolute Gasteiger partial charge is 0.137 e. The SMILES string of the molecule is COc1ccc(C)cc1CC(=O)CCc1ccncc1. The minimum atomic E-state index is 0.228. The van der Waals surface area contributed by atoms with Crippen LogP contribution in [0, 0.1) is 6.92 Å². The van der Waals surface area contributed by atoms with E-state index in [1.807, 2.05) is 37.3 Å². The van der Waals surface area contributed by atoms with Gasteiger partial charge in [-0.3, -0.25) is 9.78 Å². The molecule has 0 radical (unpaired) electrons. The molecule has 0 aliphatic rings. The molecule has 0 atom stereocenters. The predicted octanol–water partition coefficient (Wildman–Crippen LogP) is 3.14. The Balaban J connectivity index is 1.96. The summed E-state index contributed by atoms with van der Waals surface area (Å²) < 4.78 is 5.30. The van der Waals surface area contributed by atoms with Crippen molar-refractivity contribution in [3.8, 4) is 5.75 Å². The summed E-state index contributed by atoms with van der Waals surface area (Å²) in [6, 6.07) is 9.81. The van der Waals surface area contributed by atoms with Crippen LogP contribution < -0.4 is 4.74 Å². The Bertz CT molecular complexity index is 579. The molecule has 0 bridgehead atoms. The highest BCUT2D eigenvalue weighted by atomic mass is 16.5. The van der Waals surface area contributed by atoms with Crippen molar-refractivity contribution in [2.75, 3.05) is 7.11 Å². The maximum atomic E-state index is 12.1. The molecule has 0 unspecified atom stereocenters. The van der Waals surface area contributed by atoms with Gasteiger partial charge in [-0.05, 0) is 37.1 Å². The molecule has 3 nitrogen and oxygen atoms in total. The zero-order valence-electron chi connectivity index (χ0n) is 11.9. The van der Waals surface area contributed by atoms with Gasteiger partial charge in [0.05, 0.1) is 7.11 Å². The number of methoxy groups -OCH3 is 1. The minimum Gasteiger partial charge on any atom is -0.496 e. The van der Waals surface area contributed by atoms with Gasteiger partial charge in [-0.15, -0.1) is 0 Å². The number of carbonyl (C=O) groups is 1. The number of benzene rings is 1. The van der Waals surface area contributed by atoms with Crippen molar-refractivity contribution in [2.45, 2.75) is 26.2 Å². The number of aryl methyl sites for hydroxylation is 2. The van der Waals surface area contributed by atoms with Crippen molar-refractivity contribution in [1.82, 2.24) is 4.98 Å². The molecule has 20 heavy (non-hydrogen) atoms. The van der Waals surface area contributed by atoms with Crippen LogP contribution in [0.1, 0.15) is 23.1 Å². The predicted molar refractivity (Wildman–Crippen MR) is 79.0 cm³/mol. The fourth-order valence-electron chi connectivity index (χ4n) is 2.18. The highest BCUT2D eigenvalue weighted by Gasteiger charge is 2.09. The number of aromatic nitrogens is 1. The first-order valence-electron chi connectivity index (χ1n) is 6.73. The number of hydrogen-bond donors (Lipinski definition) is 0. The van der Waals surface area contributed by atoms with Crippen LogP contribution in [-0.4, -0.2) is 17.9 Å². The second-order valence-corrected chi connectivity index (χ2v) is 4.89. The van der Waals surface area contributed by atoms with E-state index in [4.69, 9.17) is 4.74 Å². The summed E-state index contributed by atoms with van der Waals surface area (Å²) in [5, 5.41) is 0. The number of carbonyl (C=O) groups excluding carboxylic acids is 1. The fourth-order valence-corrected chi connectivity index (χ4v) is 2.18. The van der Waals surface area contributed by atoms with Crippen LogP contribution in [0.4, 0.5) is 0 Å². The summed E-state index contributed by atoms with van der Waals surface area (Å²) in [4.78, 5) is 16.1. The average Bonchev–Trinajstić information content (AvgIpc) is 2.46. The summed E-state index contributed by atoms with van der Waals surface area (Å²) in [7, 11) is 1.63. The fraction of sp³-hybridized carbons (Fsp3) is 0.294. The van der Waals surface area contributed by atoms with E-state index in [2.05, 4.69) is 4.98 Å². The lowest BCUT2D eigenvalue weighted by molar-refractivity contribution is -0.118. The van der Waals surface area contributed by atoms with E-state index < -0.39 is 0 Å². The van der Waals surface area contributed by atoms with Crippen molar-refractivity contribution in [3.63, 3.8) is 0 Å². The minimum absolute atomic E-state index is 0.228. The second-order valence-electron chi connectivity index (χ2n) is 4.89. The number of Topliss-reactive ketones (excluding diaryl/α,β-unsaturated/α-hetero) is 1. The van der Waals surface area contributed by atoms with E-state index in [0.29, 0.717) is 12.8 Å². The van der Waals surface area contributed by atoms with E-state index in [1.54, 1.807) is 19.5 Å². The Morgan fingerprint density at radius 2 is 1.95 bits per heavy atom. The quantitative estimate of drug-likeness (QED) is 0.808. The Labute approximate surface area is 119 Å². The van der Waals surface area contributed by atoms with Crippen molar-refractivity contribution in [1.29, 1.82) is 0 Å². The van der Waals surface area contributed by atoms with E-state index in [0.717, 1.165) is 28.9 Å². The first-order chi connectivity index (χ1) is 9.69. The molecule has 0 saturated carbocycles. The van der Waals surface area contributed by atoms with Crippen LogP contribution >= 0.6 is 0 Å². The molecule has 104 valence electrons.